The van der Waals surface area contributed by atoms with Crippen LogP contribution in [0.1, 0.15) is 39.0 Å². The Morgan fingerprint density at radius 3 is 2.64 bits per heavy atom. The van der Waals surface area contributed by atoms with Crippen LogP contribution in [0.25, 0.3) is 0 Å². The van der Waals surface area contributed by atoms with Crippen molar-refractivity contribution >= 4 is 0 Å². The second-order valence-electron chi connectivity index (χ2n) is 4.47. The van der Waals surface area contributed by atoms with E-state index in [2.05, 4.69) is 19.3 Å². The van der Waals surface area contributed by atoms with Gasteiger partial charge >= 0.3 is 0 Å². The van der Waals surface area contributed by atoms with Crippen LogP contribution < -0.4 is 5.32 Å². The zero-order chi connectivity index (χ0) is 10.4. The molecule has 84 valence electrons. The lowest BCUT2D eigenvalue weighted by Crippen LogP contribution is -2.42. The molecule has 2 nitrogen and oxygen atoms in total. The summed E-state index contributed by atoms with van der Waals surface area (Å²) in [5.41, 5.74) is 0. The first-order chi connectivity index (χ1) is 6.83. The second kappa shape index (κ2) is 6.41. The minimum Gasteiger partial charge on any atom is -0.383 e. The molecule has 0 bridgehead atoms. The first-order valence-electron chi connectivity index (χ1n) is 5.99. The molecular weight excluding hydrogens is 174 g/mol. The van der Waals surface area contributed by atoms with Gasteiger partial charge in [-0.2, -0.15) is 0 Å². The molecule has 0 radical (unpaired) electrons. The van der Waals surface area contributed by atoms with Crippen LogP contribution in [0.2, 0.25) is 0 Å². The molecule has 2 heteroatoms. The van der Waals surface area contributed by atoms with Crippen molar-refractivity contribution in [1.29, 1.82) is 0 Å². The molecule has 0 saturated heterocycles. The largest absolute Gasteiger partial charge is 0.383 e. The van der Waals surface area contributed by atoms with Gasteiger partial charge in [0.25, 0.3) is 0 Å². The Kier molecular flexibility index (Phi) is 5.49. The average molecular weight is 199 g/mol. The van der Waals surface area contributed by atoms with E-state index in [1.54, 1.807) is 7.11 Å². The molecule has 1 N–H and O–H groups in total. The third-order valence-corrected chi connectivity index (χ3v) is 3.73. The summed E-state index contributed by atoms with van der Waals surface area (Å²) in [6, 6.07) is 0.560. The van der Waals surface area contributed by atoms with Crippen molar-refractivity contribution in [1.82, 2.24) is 5.32 Å². The molecule has 0 heterocycles. The Morgan fingerprint density at radius 1 is 1.36 bits per heavy atom. The molecule has 0 aliphatic heterocycles. The van der Waals surface area contributed by atoms with Crippen molar-refractivity contribution in [2.75, 3.05) is 20.8 Å². The Balaban J connectivity index is 2.51. The number of hydrogen-bond donors (Lipinski definition) is 1. The highest BCUT2D eigenvalue weighted by atomic mass is 16.5. The van der Waals surface area contributed by atoms with Gasteiger partial charge in [-0.15, -0.1) is 0 Å². The summed E-state index contributed by atoms with van der Waals surface area (Å²) in [5, 5.41) is 3.41. The minimum atomic E-state index is 0.560. The molecule has 1 aliphatic carbocycles. The molecule has 0 spiro atoms. The monoisotopic (exact) mass is 199 g/mol. The Bertz CT molecular complexity index is 149. The second-order valence-corrected chi connectivity index (χ2v) is 4.47. The van der Waals surface area contributed by atoms with Gasteiger partial charge in [-0.25, -0.2) is 0 Å². The number of ether oxygens (including phenoxy) is 1. The van der Waals surface area contributed by atoms with E-state index in [0.29, 0.717) is 6.04 Å². The van der Waals surface area contributed by atoms with Gasteiger partial charge in [0.05, 0.1) is 6.61 Å². The van der Waals surface area contributed by atoms with E-state index in [0.717, 1.165) is 18.4 Å². The zero-order valence-electron chi connectivity index (χ0n) is 9.88. The molecule has 0 aromatic carbocycles. The average Bonchev–Trinajstić information content (AvgIpc) is 2.26. The van der Waals surface area contributed by atoms with E-state index in [4.69, 9.17) is 4.74 Å². The summed E-state index contributed by atoms with van der Waals surface area (Å²) in [4.78, 5) is 0. The number of rotatable bonds is 5. The van der Waals surface area contributed by atoms with Crippen molar-refractivity contribution < 1.29 is 4.74 Å². The topological polar surface area (TPSA) is 21.3 Å². The fourth-order valence-electron chi connectivity index (χ4n) is 2.87. The standard InChI is InChI=1S/C12H25NO/c1-4-10-7-5-6-8-11(10)12(13-2)9-14-3/h10-13H,4-9H2,1-3H3. The quantitative estimate of drug-likeness (QED) is 0.734. The molecule has 0 amide bonds. The fraction of sp³-hybridized carbons (Fsp3) is 1.00. The maximum atomic E-state index is 5.28. The van der Waals surface area contributed by atoms with E-state index in [1.165, 1.54) is 32.1 Å². The lowest BCUT2D eigenvalue weighted by Gasteiger charge is -2.36. The number of nitrogens with one attached hydrogen (secondary N) is 1. The van der Waals surface area contributed by atoms with E-state index in [1.807, 2.05) is 0 Å². The van der Waals surface area contributed by atoms with E-state index in [-0.39, 0.29) is 0 Å². The fourth-order valence-corrected chi connectivity index (χ4v) is 2.87. The zero-order valence-corrected chi connectivity index (χ0v) is 9.88. The predicted molar refractivity (Wildman–Crippen MR) is 60.5 cm³/mol. The third-order valence-electron chi connectivity index (χ3n) is 3.73. The van der Waals surface area contributed by atoms with E-state index in [9.17, 15) is 0 Å². The van der Waals surface area contributed by atoms with Crippen molar-refractivity contribution in [3.8, 4) is 0 Å². The summed E-state index contributed by atoms with van der Waals surface area (Å²) in [5.74, 6) is 1.75. The summed E-state index contributed by atoms with van der Waals surface area (Å²) in [6.07, 6.45) is 6.96. The van der Waals surface area contributed by atoms with Crippen LogP contribution in [0.4, 0.5) is 0 Å². The van der Waals surface area contributed by atoms with Crippen LogP contribution in [0.5, 0.6) is 0 Å². The molecule has 0 aromatic heterocycles. The van der Waals surface area contributed by atoms with Gasteiger partial charge in [0.1, 0.15) is 0 Å². The maximum Gasteiger partial charge on any atom is 0.0618 e. The smallest absolute Gasteiger partial charge is 0.0618 e. The van der Waals surface area contributed by atoms with Crippen molar-refractivity contribution in [3.63, 3.8) is 0 Å². The summed E-state index contributed by atoms with van der Waals surface area (Å²) >= 11 is 0. The number of methoxy groups -OCH3 is 1. The molecule has 0 aromatic rings. The van der Waals surface area contributed by atoms with E-state index >= 15 is 0 Å². The first kappa shape index (κ1) is 12.0. The molecule has 3 atom stereocenters. The van der Waals surface area contributed by atoms with Crippen molar-refractivity contribution in [2.24, 2.45) is 11.8 Å². The minimum absolute atomic E-state index is 0.560. The number of likely N-dealkylation sites (N-methyl/N-ethyl adjacent to an activating group) is 1. The predicted octanol–water partition coefficient (Wildman–Crippen LogP) is 2.44. The van der Waals surface area contributed by atoms with Gasteiger partial charge in [-0.05, 0) is 25.3 Å². The highest BCUT2D eigenvalue weighted by Crippen LogP contribution is 2.34. The molecule has 3 unspecified atom stereocenters. The highest BCUT2D eigenvalue weighted by Gasteiger charge is 2.29. The lowest BCUT2D eigenvalue weighted by molar-refractivity contribution is 0.0988. The molecule has 1 aliphatic rings. The van der Waals surface area contributed by atoms with Crippen molar-refractivity contribution in [2.45, 2.75) is 45.1 Å². The van der Waals surface area contributed by atoms with Gasteiger partial charge in [0, 0.05) is 13.2 Å². The van der Waals surface area contributed by atoms with Crippen molar-refractivity contribution in [3.05, 3.63) is 0 Å². The van der Waals surface area contributed by atoms with Gasteiger partial charge in [0.2, 0.25) is 0 Å². The van der Waals surface area contributed by atoms with Crippen LogP contribution in [-0.4, -0.2) is 26.8 Å². The Hall–Kier alpha value is -0.0800. The van der Waals surface area contributed by atoms with Gasteiger partial charge in [-0.1, -0.05) is 32.6 Å². The van der Waals surface area contributed by atoms with Gasteiger partial charge in [0.15, 0.2) is 0 Å². The molecular formula is C12H25NO. The normalized spacial score (nSPS) is 30.2. The SMILES string of the molecule is CCC1CCCCC1C(COC)NC. The van der Waals surface area contributed by atoms with Gasteiger partial charge in [-0.3, -0.25) is 0 Å². The summed E-state index contributed by atoms with van der Waals surface area (Å²) < 4.78 is 5.28. The Labute approximate surface area is 88.4 Å². The Morgan fingerprint density at radius 2 is 2.07 bits per heavy atom. The first-order valence-corrected chi connectivity index (χ1v) is 5.99. The lowest BCUT2D eigenvalue weighted by atomic mass is 9.74. The highest BCUT2D eigenvalue weighted by molar-refractivity contribution is 4.83. The number of hydrogen-bond acceptors (Lipinski definition) is 2. The van der Waals surface area contributed by atoms with Crippen LogP contribution in [-0.2, 0) is 4.74 Å². The molecule has 1 fully saturated rings. The van der Waals surface area contributed by atoms with E-state index < -0.39 is 0 Å². The summed E-state index contributed by atoms with van der Waals surface area (Å²) in [7, 11) is 3.86. The molecule has 1 rings (SSSR count). The molecule has 1 saturated carbocycles. The van der Waals surface area contributed by atoms with Crippen LogP contribution in [0, 0.1) is 11.8 Å². The van der Waals surface area contributed by atoms with Crippen LogP contribution in [0.3, 0.4) is 0 Å². The molecule has 14 heavy (non-hydrogen) atoms. The summed E-state index contributed by atoms with van der Waals surface area (Å²) in [6.45, 7) is 3.18. The maximum absolute atomic E-state index is 5.28. The van der Waals surface area contributed by atoms with Crippen LogP contribution in [0.15, 0.2) is 0 Å². The van der Waals surface area contributed by atoms with Gasteiger partial charge < -0.3 is 10.1 Å². The van der Waals surface area contributed by atoms with Crippen LogP contribution >= 0.6 is 0 Å². The third kappa shape index (κ3) is 2.96.